The molecule has 16 heavy (non-hydrogen) atoms. The molecular weight excluding hydrogens is 251 g/mol. The summed E-state index contributed by atoms with van der Waals surface area (Å²) in [6, 6.07) is 4.85. The maximum Gasteiger partial charge on any atom is 0.161 e. The summed E-state index contributed by atoms with van der Waals surface area (Å²) in [5.74, 6) is 0.980. The van der Waals surface area contributed by atoms with Gasteiger partial charge in [0.15, 0.2) is 11.5 Å². The average molecular weight is 261 g/mol. The van der Waals surface area contributed by atoms with Crippen molar-refractivity contribution in [2.24, 2.45) is 0 Å². The minimum atomic E-state index is 0.155. The first kappa shape index (κ1) is 12.9. The van der Waals surface area contributed by atoms with E-state index < -0.39 is 0 Å². The lowest BCUT2D eigenvalue weighted by Crippen LogP contribution is -1.99. The van der Waals surface area contributed by atoms with E-state index in [-0.39, 0.29) is 6.61 Å². The van der Waals surface area contributed by atoms with Gasteiger partial charge in [-0.3, -0.25) is 4.79 Å². The summed E-state index contributed by atoms with van der Waals surface area (Å²) in [7, 11) is 1.50. The van der Waals surface area contributed by atoms with Crippen LogP contribution in [0.5, 0.6) is 11.5 Å². The molecule has 0 atom stereocenters. The molecule has 0 N–H and O–H groups in total. The van der Waals surface area contributed by atoms with E-state index in [0.29, 0.717) is 22.1 Å². The molecule has 5 heteroatoms. The Morgan fingerprint density at radius 3 is 2.75 bits per heavy atom. The van der Waals surface area contributed by atoms with Crippen molar-refractivity contribution in [3.8, 4) is 11.5 Å². The van der Waals surface area contributed by atoms with Crippen molar-refractivity contribution in [2.75, 3.05) is 13.7 Å². The maximum absolute atomic E-state index is 10.6. The van der Waals surface area contributed by atoms with Gasteiger partial charge in [0.05, 0.1) is 12.1 Å². The van der Waals surface area contributed by atoms with Crippen LogP contribution in [0.2, 0.25) is 0 Å². The first-order valence-electron chi connectivity index (χ1n) is 4.42. The smallest absolute Gasteiger partial charge is 0.161 e. The van der Waals surface area contributed by atoms with Crippen molar-refractivity contribution < 1.29 is 14.3 Å². The molecule has 0 fully saturated rings. The standard InChI is InChI=1S/C11H10Cl2O3/c1-15-11-4-8(6-14)2-3-10(11)16-7-9(13)5-12/h2-6H,7H2,1H3. The predicted molar refractivity (Wildman–Crippen MR) is 63.7 cm³/mol. The first-order valence-corrected chi connectivity index (χ1v) is 5.23. The third-order valence-electron chi connectivity index (χ3n) is 1.81. The van der Waals surface area contributed by atoms with Crippen LogP contribution in [-0.2, 0) is 0 Å². The molecule has 0 spiro atoms. The summed E-state index contributed by atoms with van der Waals surface area (Å²) in [5, 5.41) is 0.378. The molecule has 0 heterocycles. The average Bonchev–Trinajstić information content (AvgIpc) is 2.35. The zero-order valence-electron chi connectivity index (χ0n) is 8.57. The largest absolute Gasteiger partial charge is 0.493 e. The second-order valence-electron chi connectivity index (χ2n) is 2.87. The molecule has 0 saturated heterocycles. The monoisotopic (exact) mass is 260 g/mol. The first-order chi connectivity index (χ1) is 7.71. The molecule has 1 aromatic carbocycles. The Morgan fingerprint density at radius 2 is 2.19 bits per heavy atom. The third-order valence-corrected chi connectivity index (χ3v) is 2.40. The minimum absolute atomic E-state index is 0.155. The van der Waals surface area contributed by atoms with Gasteiger partial charge in [-0.25, -0.2) is 0 Å². The van der Waals surface area contributed by atoms with Crippen LogP contribution in [0.3, 0.4) is 0 Å². The van der Waals surface area contributed by atoms with Crippen LogP contribution >= 0.6 is 23.2 Å². The summed E-state index contributed by atoms with van der Waals surface area (Å²) in [6.45, 7) is 0.155. The molecule has 0 aromatic heterocycles. The highest BCUT2D eigenvalue weighted by atomic mass is 35.5. The van der Waals surface area contributed by atoms with Gasteiger partial charge in [0.2, 0.25) is 0 Å². The number of methoxy groups -OCH3 is 1. The Bertz CT molecular complexity index is 402. The van der Waals surface area contributed by atoms with Gasteiger partial charge in [0, 0.05) is 11.1 Å². The number of carbonyl (C=O) groups is 1. The van der Waals surface area contributed by atoms with Crippen LogP contribution in [0, 0.1) is 0 Å². The fraction of sp³-hybridized carbons (Fsp3) is 0.182. The molecule has 0 saturated carbocycles. The molecule has 1 rings (SSSR count). The zero-order chi connectivity index (χ0) is 12.0. The van der Waals surface area contributed by atoms with Gasteiger partial charge >= 0.3 is 0 Å². The number of aldehydes is 1. The van der Waals surface area contributed by atoms with E-state index in [1.54, 1.807) is 18.2 Å². The maximum atomic E-state index is 10.6. The molecule has 3 nitrogen and oxygen atoms in total. The number of carbonyl (C=O) groups excluding carboxylic acids is 1. The van der Waals surface area contributed by atoms with E-state index in [4.69, 9.17) is 32.7 Å². The number of hydrogen-bond donors (Lipinski definition) is 0. The quantitative estimate of drug-likeness (QED) is 0.763. The molecule has 0 aliphatic rings. The molecular formula is C11H10Cl2O3. The molecule has 86 valence electrons. The van der Waals surface area contributed by atoms with E-state index in [9.17, 15) is 4.79 Å². The lowest BCUT2D eigenvalue weighted by atomic mass is 10.2. The number of rotatable bonds is 5. The van der Waals surface area contributed by atoms with Crippen LogP contribution in [0.15, 0.2) is 28.8 Å². The number of benzene rings is 1. The summed E-state index contributed by atoms with van der Waals surface area (Å²) in [6.07, 6.45) is 0.734. The van der Waals surface area contributed by atoms with Gasteiger partial charge in [-0.15, -0.1) is 0 Å². The van der Waals surface area contributed by atoms with E-state index >= 15 is 0 Å². The van der Waals surface area contributed by atoms with Crippen LogP contribution in [0.4, 0.5) is 0 Å². The van der Waals surface area contributed by atoms with Gasteiger partial charge in [0.25, 0.3) is 0 Å². The van der Waals surface area contributed by atoms with Gasteiger partial charge in [-0.05, 0) is 18.2 Å². The summed E-state index contributed by atoms with van der Waals surface area (Å²) >= 11 is 11.1. The summed E-state index contributed by atoms with van der Waals surface area (Å²) in [4.78, 5) is 10.6. The number of halogens is 2. The third kappa shape index (κ3) is 3.43. The van der Waals surface area contributed by atoms with Crippen LogP contribution in [0.1, 0.15) is 10.4 Å². The summed E-state index contributed by atoms with van der Waals surface area (Å²) in [5.41, 5.74) is 1.75. The highest BCUT2D eigenvalue weighted by Crippen LogP contribution is 2.28. The van der Waals surface area contributed by atoms with Crippen molar-refractivity contribution >= 4 is 29.5 Å². The van der Waals surface area contributed by atoms with Gasteiger partial charge in [0.1, 0.15) is 12.9 Å². The van der Waals surface area contributed by atoms with Crippen LogP contribution in [0.25, 0.3) is 0 Å². The van der Waals surface area contributed by atoms with Crippen LogP contribution < -0.4 is 9.47 Å². The number of hydrogen-bond acceptors (Lipinski definition) is 3. The second kappa shape index (κ2) is 6.40. The van der Waals surface area contributed by atoms with Crippen molar-refractivity contribution in [3.05, 3.63) is 34.3 Å². The fourth-order valence-corrected chi connectivity index (χ4v) is 1.17. The lowest BCUT2D eigenvalue weighted by molar-refractivity contribution is 0.112. The summed E-state index contributed by atoms with van der Waals surface area (Å²) < 4.78 is 10.4. The highest BCUT2D eigenvalue weighted by Gasteiger charge is 2.05. The second-order valence-corrected chi connectivity index (χ2v) is 3.58. The highest BCUT2D eigenvalue weighted by molar-refractivity contribution is 6.36. The Balaban J connectivity index is 2.83. The van der Waals surface area contributed by atoms with E-state index in [1.807, 2.05) is 0 Å². The lowest BCUT2D eigenvalue weighted by Gasteiger charge is -2.10. The zero-order valence-corrected chi connectivity index (χ0v) is 10.1. The Morgan fingerprint density at radius 1 is 1.44 bits per heavy atom. The SMILES string of the molecule is COc1cc(C=O)ccc1OCC(Cl)=CCl. The topological polar surface area (TPSA) is 35.5 Å². The van der Waals surface area contributed by atoms with Gasteiger partial charge in [-0.1, -0.05) is 23.2 Å². The van der Waals surface area contributed by atoms with E-state index in [2.05, 4.69) is 0 Å². The Labute approximate surface area is 104 Å². The molecule has 0 aliphatic carbocycles. The molecule has 0 unspecified atom stereocenters. The van der Waals surface area contributed by atoms with E-state index in [0.717, 1.165) is 6.29 Å². The van der Waals surface area contributed by atoms with E-state index in [1.165, 1.54) is 12.6 Å². The van der Waals surface area contributed by atoms with Gasteiger partial charge < -0.3 is 9.47 Å². The molecule has 1 aromatic rings. The minimum Gasteiger partial charge on any atom is -0.493 e. The van der Waals surface area contributed by atoms with Gasteiger partial charge in [-0.2, -0.15) is 0 Å². The normalized spacial score (nSPS) is 11.1. The fourth-order valence-electron chi connectivity index (χ4n) is 1.05. The molecule has 0 bridgehead atoms. The van der Waals surface area contributed by atoms with Crippen molar-refractivity contribution in [1.82, 2.24) is 0 Å². The Kier molecular flexibility index (Phi) is 5.15. The van der Waals surface area contributed by atoms with Crippen molar-refractivity contribution in [3.63, 3.8) is 0 Å². The van der Waals surface area contributed by atoms with Crippen LogP contribution in [-0.4, -0.2) is 20.0 Å². The van der Waals surface area contributed by atoms with Crippen molar-refractivity contribution in [2.45, 2.75) is 0 Å². The molecule has 0 aliphatic heterocycles. The molecule has 0 amide bonds. The van der Waals surface area contributed by atoms with Crippen molar-refractivity contribution in [1.29, 1.82) is 0 Å². The molecule has 0 radical (unpaired) electrons. The Hall–Kier alpha value is -1.19. The number of ether oxygens (including phenoxy) is 2. The predicted octanol–water partition coefficient (Wildman–Crippen LogP) is 3.21.